The van der Waals surface area contributed by atoms with Crippen LogP contribution in [0.2, 0.25) is 0 Å². The number of carbonyl (C=O) groups is 3. The van der Waals surface area contributed by atoms with Gasteiger partial charge in [0.15, 0.2) is 0 Å². The number of halogens is 2. The number of nitriles is 1. The summed E-state index contributed by atoms with van der Waals surface area (Å²) < 4.78 is 42.3. The Morgan fingerprint density at radius 1 is 0.845 bits per heavy atom. The molecule has 1 aliphatic heterocycles. The van der Waals surface area contributed by atoms with E-state index in [0.717, 1.165) is 16.7 Å². The van der Waals surface area contributed by atoms with Crippen LogP contribution in [0.25, 0.3) is 11.3 Å². The van der Waals surface area contributed by atoms with Gasteiger partial charge >= 0.3 is 18.6 Å². The number of ether oxygens (including phenoxy) is 2. The quantitative estimate of drug-likeness (QED) is 0.139. The summed E-state index contributed by atoms with van der Waals surface area (Å²) in [5.41, 5.74) is 4.86. The van der Waals surface area contributed by atoms with Crippen molar-refractivity contribution < 1.29 is 37.7 Å². The lowest BCUT2D eigenvalue weighted by atomic mass is 9.92. The molecular formula is C45H39F2N5O6. The molecule has 0 bridgehead atoms. The van der Waals surface area contributed by atoms with Crippen LogP contribution < -0.4 is 9.64 Å². The molecule has 0 atom stereocenters. The topological polar surface area (TPSA) is 130 Å². The summed E-state index contributed by atoms with van der Waals surface area (Å²) in [5.74, 6) is -1.27. The minimum Gasteiger partial charge on any atom is -0.489 e. The fraction of sp³-hybridized carbons (Fsp3) is 0.200. The third kappa shape index (κ3) is 7.77. The fourth-order valence-corrected chi connectivity index (χ4v) is 7.23. The highest BCUT2D eigenvalue weighted by Crippen LogP contribution is 2.38. The summed E-state index contributed by atoms with van der Waals surface area (Å²) in [6.07, 6.45) is -0.0604. The number of benzene rings is 4. The van der Waals surface area contributed by atoms with Crippen molar-refractivity contribution in [3.05, 3.63) is 160 Å². The number of carboxylic acid groups (broad SMARTS) is 1. The molecule has 0 saturated carbocycles. The van der Waals surface area contributed by atoms with Gasteiger partial charge < -0.3 is 24.0 Å². The molecule has 0 saturated heterocycles. The first-order chi connectivity index (χ1) is 27.9. The standard InChI is InChI=1S/C45H39F2N5O6/c1-28-37(23-41(49(28)3)38-20-32-18-19-50(25-33(32)21-39(38)43(54)55)45(56)58-27-31-12-8-5-9-13-31)42(53)52(40-22-35(24-48)51(29(40)2)44(46)47)34-14-16-36(17-15-34)57-26-30-10-6-4-7-11-30/h4-17,20-23,44H,18-19,25-27H2,1-3H3,(H,54,55). The third-order valence-corrected chi connectivity index (χ3v) is 10.4. The van der Waals surface area contributed by atoms with E-state index in [1.54, 1.807) is 61.0 Å². The van der Waals surface area contributed by atoms with Crippen LogP contribution in [0.4, 0.5) is 25.0 Å². The van der Waals surface area contributed by atoms with E-state index in [0.29, 0.717) is 58.1 Å². The van der Waals surface area contributed by atoms with E-state index in [2.05, 4.69) is 0 Å². The van der Waals surface area contributed by atoms with Gasteiger partial charge in [0.25, 0.3) is 5.91 Å². The number of aromatic nitrogens is 2. The van der Waals surface area contributed by atoms with Crippen molar-refractivity contribution in [2.24, 2.45) is 7.05 Å². The molecular weight excluding hydrogens is 745 g/mol. The van der Waals surface area contributed by atoms with E-state index in [4.69, 9.17) is 9.47 Å². The molecule has 0 aliphatic carbocycles. The maximum Gasteiger partial charge on any atom is 0.410 e. The average molecular weight is 784 g/mol. The highest BCUT2D eigenvalue weighted by Gasteiger charge is 2.31. The summed E-state index contributed by atoms with van der Waals surface area (Å²) in [5, 5.41) is 20.2. The molecule has 6 aromatic rings. The summed E-state index contributed by atoms with van der Waals surface area (Å²) in [7, 11) is 1.71. The Labute approximate surface area is 333 Å². The Morgan fingerprint density at radius 2 is 1.50 bits per heavy atom. The lowest BCUT2D eigenvalue weighted by Crippen LogP contribution is -2.36. The number of anilines is 2. The monoisotopic (exact) mass is 783 g/mol. The first-order valence-electron chi connectivity index (χ1n) is 18.5. The summed E-state index contributed by atoms with van der Waals surface area (Å²) in [6.45, 7) is 1.02. The molecule has 0 radical (unpaired) electrons. The number of alkyl halides is 2. The SMILES string of the molecule is Cc1c(C(=O)N(c2ccc(OCc3ccccc3)cc2)c2cc(C#N)n(C(F)F)c2C)cc(-c2cc3c(cc2C(=O)O)CN(C(=O)OCc2ccccc2)CC3)n1C. The average Bonchev–Trinajstić information content (AvgIpc) is 3.73. The fourth-order valence-electron chi connectivity index (χ4n) is 7.23. The van der Waals surface area contributed by atoms with E-state index >= 15 is 0 Å². The lowest BCUT2D eigenvalue weighted by Gasteiger charge is -2.29. The van der Waals surface area contributed by atoms with Gasteiger partial charge in [0.2, 0.25) is 0 Å². The van der Waals surface area contributed by atoms with E-state index in [1.165, 1.54) is 22.8 Å². The van der Waals surface area contributed by atoms with Gasteiger partial charge in [-0.25, -0.2) is 9.59 Å². The molecule has 4 aromatic carbocycles. The molecule has 2 aromatic heterocycles. The molecule has 294 valence electrons. The molecule has 7 rings (SSSR count). The van der Waals surface area contributed by atoms with Crippen LogP contribution in [0.3, 0.4) is 0 Å². The normalized spacial score (nSPS) is 12.2. The smallest absolute Gasteiger partial charge is 0.410 e. The zero-order valence-corrected chi connectivity index (χ0v) is 32.0. The number of amides is 2. The van der Waals surface area contributed by atoms with Crippen LogP contribution in [-0.4, -0.2) is 43.7 Å². The number of aromatic carboxylic acids is 1. The van der Waals surface area contributed by atoms with Crippen molar-refractivity contribution in [2.45, 2.75) is 46.6 Å². The Morgan fingerprint density at radius 3 is 2.10 bits per heavy atom. The minimum absolute atomic E-state index is 0.000969. The van der Waals surface area contributed by atoms with Gasteiger partial charge in [-0.2, -0.15) is 14.0 Å². The van der Waals surface area contributed by atoms with E-state index in [9.17, 15) is 33.5 Å². The van der Waals surface area contributed by atoms with Gasteiger partial charge in [0, 0.05) is 48.5 Å². The predicted molar refractivity (Wildman–Crippen MR) is 212 cm³/mol. The van der Waals surface area contributed by atoms with Gasteiger partial charge in [-0.1, -0.05) is 60.7 Å². The van der Waals surface area contributed by atoms with Crippen LogP contribution in [0.15, 0.2) is 109 Å². The van der Waals surface area contributed by atoms with Crippen LogP contribution in [-0.2, 0) is 38.0 Å². The van der Waals surface area contributed by atoms with Crippen molar-refractivity contribution >= 4 is 29.3 Å². The second-order valence-corrected chi connectivity index (χ2v) is 13.9. The first kappa shape index (κ1) is 39.1. The van der Waals surface area contributed by atoms with Crippen molar-refractivity contribution in [3.8, 4) is 23.1 Å². The number of hydrogen-bond donors (Lipinski definition) is 1. The van der Waals surface area contributed by atoms with Crippen LogP contribution in [0, 0.1) is 25.2 Å². The molecule has 11 nitrogen and oxygen atoms in total. The Hall–Kier alpha value is -7.20. The molecule has 1 aliphatic rings. The van der Waals surface area contributed by atoms with Gasteiger partial charge in [-0.05, 0) is 91.1 Å². The molecule has 0 spiro atoms. The lowest BCUT2D eigenvalue weighted by molar-refractivity contribution is 0.0675. The van der Waals surface area contributed by atoms with Crippen LogP contribution in [0.1, 0.15) is 66.6 Å². The Balaban J connectivity index is 1.22. The summed E-state index contributed by atoms with van der Waals surface area (Å²) >= 11 is 0. The van der Waals surface area contributed by atoms with Gasteiger partial charge in [0.05, 0.1) is 16.8 Å². The van der Waals surface area contributed by atoms with Crippen LogP contribution in [0.5, 0.6) is 5.75 Å². The minimum atomic E-state index is -3.04. The summed E-state index contributed by atoms with van der Waals surface area (Å²) in [4.78, 5) is 43.4. The number of carboxylic acids is 1. The van der Waals surface area contributed by atoms with E-state index in [-0.39, 0.29) is 41.4 Å². The van der Waals surface area contributed by atoms with Crippen molar-refractivity contribution in [1.82, 2.24) is 14.0 Å². The van der Waals surface area contributed by atoms with Crippen molar-refractivity contribution in [2.75, 3.05) is 11.4 Å². The maximum atomic E-state index is 14.8. The van der Waals surface area contributed by atoms with Crippen LogP contribution >= 0.6 is 0 Å². The molecule has 1 N–H and O–H groups in total. The Kier molecular flexibility index (Phi) is 11.1. The molecule has 13 heteroatoms. The van der Waals surface area contributed by atoms with E-state index in [1.807, 2.05) is 66.7 Å². The number of fused-ring (bicyclic) bond motifs is 1. The second kappa shape index (κ2) is 16.5. The zero-order valence-electron chi connectivity index (χ0n) is 32.0. The largest absolute Gasteiger partial charge is 0.489 e. The van der Waals surface area contributed by atoms with Gasteiger partial charge in [-0.15, -0.1) is 0 Å². The molecule has 0 fully saturated rings. The maximum absolute atomic E-state index is 14.8. The van der Waals surface area contributed by atoms with Crippen molar-refractivity contribution in [3.63, 3.8) is 0 Å². The molecule has 2 amide bonds. The number of nitrogens with zero attached hydrogens (tertiary/aromatic N) is 5. The highest BCUT2D eigenvalue weighted by molar-refractivity contribution is 6.13. The second-order valence-electron chi connectivity index (χ2n) is 13.9. The molecule has 0 unspecified atom stereocenters. The first-order valence-corrected chi connectivity index (χ1v) is 18.5. The molecule has 58 heavy (non-hydrogen) atoms. The van der Waals surface area contributed by atoms with Crippen molar-refractivity contribution in [1.29, 1.82) is 5.26 Å². The predicted octanol–water partition coefficient (Wildman–Crippen LogP) is 9.33. The number of carbonyl (C=O) groups excluding carboxylic acids is 2. The highest BCUT2D eigenvalue weighted by atomic mass is 19.3. The third-order valence-electron chi connectivity index (χ3n) is 10.4. The zero-order chi connectivity index (χ0) is 41.1. The van der Waals surface area contributed by atoms with Gasteiger partial charge in [-0.3, -0.25) is 14.3 Å². The van der Waals surface area contributed by atoms with Gasteiger partial charge in [0.1, 0.15) is 30.7 Å². The number of rotatable bonds is 11. The molecule has 3 heterocycles. The number of hydrogen-bond acceptors (Lipinski definition) is 6. The summed E-state index contributed by atoms with van der Waals surface area (Å²) in [6, 6.07) is 33.5. The Bertz CT molecular complexity index is 2540. The van der Waals surface area contributed by atoms with E-state index < -0.39 is 24.5 Å².